The molecule has 0 N–H and O–H groups in total. The van der Waals surface area contributed by atoms with Crippen molar-refractivity contribution in [3.63, 3.8) is 0 Å². The first-order valence-electron chi connectivity index (χ1n) is 9.15. The molecule has 0 radical (unpaired) electrons. The van der Waals surface area contributed by atoms with Crippen LogP contribution in [0.3, 0.4) is 0 Å². The first-order valence-corrected chi connectivity index (χ1v) is 9.52. The van der Waals surface area contributed by atoms with Gasteiger partial charge in [0.05, 0.1) is 12.2 Å². The van der Waals surface area contributed by atoms with E-state index in [4.69, 9.17) is 11.6 Å². The van der Waals surface area contributed by atoms with Gasteiger partial charge in [0, 0.05) is 12.0 Å². The van der Waals surface area contributed by atoms with E-state index >= 15 is 0 Å². The van der Waals surface area contributed by atoms with Crippen LogP contribution in [0.15, 0.2) is 95.8 Å². The fraction of sp³-hybridized carbons (Fsp3) is 0.0833. The Morgan fingerprint density at radius 2 is 1.29 bits per heavy atom. The van der Waals surface area contributed by atoms with Crippen molar-refractivity contribution in [3.8, 4) is 11.3 Å². The van der Waals surface area contributed by atoms with Gasteiger partial charge in [0.2, 0.25) is 0 Å². The van der Waals surface area contributed by atoms with E-state index in [9.17, 15) is 4.79 Å². The normalized spacial score (nSPS) is 10.8. The molecule has 0 saturated carbocycles. The van der Waals surface area contributed by atoms with Crippen molar-refractivity contribution in [2.24, 2.45) is 0 Å². The van der Waals surface area contributed by atoms with Gasteiger partial charge in [-0.3, -0.25) is 4.79 Å². The summed E-state index contributed by atoms with van der Waals surface area (Å²) >= 11 is 6.60. The van der Waals surface area contributed by atoms with Gasteiger partial charge < -0.3 is 4.57 Å². The Bertz CT molecular complexity index is 1120. The van der Waals surface area contributed by atoms with Crippen molar-refractivity contribution in [1.29, 1.82) is 0 Å². The number of halogens is 1. The van der Waals surface area contributed by atoms with Crippen LogP contribution in [-0.4, -0.2) is 9.55 Å². The van der Waals surface area contributed by atoms with E-state index in [1.165, 1.54) is 0 Å². The highest BCUT2D eigenvalue weighted by molar-refractivity contribution is 6.30. The lowest BCUT2D eigenvalue weighted by molar-refractivity contribution is 0.705. The van der Waals surface area contributed by atoms with Gasteiger partial charge in [0.25, 0.3) is 5.56 Å². The van der Waals surface area contributed by atoms with E-state index in [1.807, 2.05) is 91.0 Å². The van der Waals surface area contributed by atoms with Crippen LogP contribution in [0.2, 0.25) is 5.15 Å². The zero-order chi connectivity index (χ0) is 19.3. The van der Waals surface area contributed by atoms with Crippen LogP contribution in [-0.2, 0) is 13.0 Å². The molecule has 28 heavy (non-hydrogen) atoms. The van der Waals surface area contributed by atoms with Gasteiger partial charge >= 0.3 is 0 Å². The van der Waals surface area contributed by atoms with Crippen LogP contribution in [0.4, 0.5) is 0 Å². The summed E-state index contributed by atoms with van der Waals surface area (Å²) in [6.07, 6.45) is 0.545. The number of benzene rings is 3. The van der Waals surface area contributed by atoms with Crippen LogP contribution in [0.25, 0.3) is 11.3 Å². The maximum Gasteiger partial charge on any atom is 0.277 e. The molecule has 0 saturated heterocycles. The highest BCUT2D eigenvalue weighted by atomic mass is 35.5. The minimum atomic E-state index is -0.134. The third kappa shape index (κ3) is 3.90. The first kappa shape index (κ1) is 18.2. The molecule has 4 heteroatoms. The van der Waals surface area contributed by atoms with Gasteiger partial charge in [-0.15, -0.1) is 0 Å². The monoisotopic (exact) mass is 386 g/mol. The van der Waals surface area contributed by atoms with E-state index in [0.717, 1.165) is 22.4 Å². The highest BCUT2D eigenvalue weighted by Crippen LogP contribution is 2.22. The maximum absolute atomic E-state index is 13.4. The van der Waals surface area contributed by atoms with Crippen LogP contribution < -0.4 is 5.56 Å². The molecule has 4 aromatic rings. The molecular formula is C24H19ClN2O. The van der Waals surface area contributed by atoms with Crippen molar-refractivity contribution in [2.75, 3.05) is 0 Å². The molecule has 3 aromatic carbocycles. The molecule has 1 heterocycles. The van der Waals surface area contributed by atoms with Crippen molar-refractivity contribution >= 4 is 11.6 Å². The van der Waals surface area contributed by atoms with Crippen molar-refractivity contribution in [2.45, 2.75) is 13.0 Å². The maximum atomic E-state index is 13.4. The van der Waals surface area contributed by atoms with E-state index in [-0.39, 0.29) is 5.56 Å². The van der Waals surface area contributed by atoms with Gasteiger partial charge in [-0.25, -0.2) is 4.98 Å². The number of nitrogens with zero attached hydrogens (tertiary/aromatic N) is 2. The molecule has 0 aliphatic rings. The summed E-state index contributed by atoms with van der Waals surface area (Å²) in [6, 6.07) is 29.4. The molecule has 0 amide bonds. The molecule has 0 unspecified atom stereocenters. The summed E-state index contributed by atoms with van der Waals surface area (Å²) in [7, 11) is 0. The Hall–Kier alpha value is -3.17. The molecule has 138 valence electrons. The average Bonchev–Trinajstić information content (AvgIpc) is 2.75. The Morgan fingerprint density at radius 1 is 0.750 bits per heavy atom. The second kappa shape index (κ2) is 8.24. The molecule has 0 fully saturated rings. The average molecular weight is 387 g/mol. The predicted octanol–water partition coefficient (Wildman–Crippen LogP) is 5.20. The highest BCUT2D eigenvalue weighted by Gasteiger charge is 2.17. The van der Waals surface area contributed by atoms with E-state index < -0.39 is 0 Å². The second-order valence-electron chi connectivity index (χ2n) is 6.60. The van der Waals surface area contributed by atoms with Gasteiger partial charge in [0.1, 0.15) is 10.8 Å². The summed E-state index contributed by atoms with van der Waals surface area (Å²) in [6.45, 7) is 0.448. The minimum absolute atomic E-state index is 0.134. The van der Waals surface area contributed by atoms with Crippen molar-refractivity contribution in [3.05, 3.63) is 123 Å². The fourth-order valence-electron chi connectivity index (χ4n) is 3.25. The van der Waals surface area contributed by atoms with E-state index in [2.05, 4.69) is 4.98 Å². The lowest BCUT2D eigenvalue weighted by Crippen LogP contribution is -2.27. The number of aromatic nitrogens is 2. The fourth-order valence-corrected chi connectivity index (χ4v) is 3.50. The molecule has 0 aliphatic carbocycles. The topological polar surface area (TPSA) is 34.9 Å². The zero-order valence-electron chi connectivity index (χ0n) is 15.3. The van der Waals surface area contributed by atoms with Gasteiger partial charge in [-0.05, 0) is 11.1 Å². The number of rotatable bonds is 5. The molecule has 3 nitrogen and oxygen atoms in total. The second-order valence-corrected chi connectivity index (χ2v) is 6.96. The molecule has 0 spiro atoms. The van der Waals surface area contributed by atoms with E-state index in [0.29, 0.717) is 23.8 Å². The Morgan fingerprint density at radius 3 is 1.89 bits per heavy atom. The van der Waals surface area contributed by atoms with Crippen LogP contribution in [0.5, 0.6) is 0 Å². The standard InChI is InChI=1S/C24H19ClN2O/c25-23-21(16-18-10-4-1-5-11-18)27(17-19-12-6-2-7-13-19)24(28)22(26-23)20-14-8-3-9-15-20/h1-15H,16-17H2. The SMILES string of the molecule is O=c1c(-c2ccccc2)nc(Cl)c(Cc2ccccc2)n1Cc1ccccc1. The number of hydrogen-bond donors (Lipinski definition) is 0. The Labute approximate surface area is 168 Å². The molecule has 0 bridgehead atoms. The summed E-state index contributed by atoms with van der Waals surface area (Å²) in [5.74, 6) is 0. The van der Waals surface area contributed by atoms with Gasteiger partial charge in [-0.2, -0.15) is 0 Å². The van der Waals surface area contributed by atoms with Crippen molar-refractivity contribution < 1.29 is 0 Å². The predicted molar refractivity (Wildman–Crippen MR) is 114 cm³/mol. The minimum Gasteiger partial charge on any atom is -0.303 e. The summed E-state index contributed by atoms with van der Waals surface area (Å²) < 4.78 is 1.75. The zero-order valence-corrected chi connectivity index (χ0v) is 16.0. The lowest BCUT2D eigenvalue weighted by atomic mass is 10.1. The third-order valence-corrected chi connectivity index (χ3v) is 4.97. The van der Waals surface area contributed by atoms with Crippen LogP contribution in [0, 0.1) is 0 Å². The quantitative estimate of drug-likeness (QED) is 0.472. The summed E-state index contributed by atoms with van der Waals surface area (Å²) in [4.78, 5) is 17.9. The van der Waals surface area contributed by atoms with Crippen LogP contribution in [0.1, 0.15) is 16.8 Å². The number of hydrogen-bond acceptors (Lipinski definition) is 2. The van der Waals surface area contributed by atoms with E-state index in [1.54, 1.807) is 4.57 Å². The summed E-state index contributed by atoms with van der Waals surface area (Å²) in [5, 5.41) is 0.359. The Kier molecular flexibility index (Phi) is 5.36. The molecule has 1 aromatic heterocycles. The van der Waals surface area contributed by atoms with Crippen LogP contribution >= 0.6 is 11.6 Å². The third-order valence-electron chi connectivity index (χ3n) is 4.67. The molecular weight excluding hydrogens is 368 g/mol. The molecule has 4 rings (SSSR count). The largest absolute Gasteiger partial charge is 0.303 e. The first-order chi connectivity index (χ1) is 13.7. The van der Waals surface area contributed by atoms with Gasteiger partial charge in [0.15, 0.2) is 0 Å². The smallest absolute Gasteiger partial charge is 0.277 e. The molecule has 0 aliphatic heterocycles. The van der Waals surface area contributed by atoms with Gasteiger partial charge in [-0.1, -0.05) is 103 Å². The molecule has 0 atom stereocenters. The Balaban J connectivity index is 1.87. The summed E-state index contributed by atoms with van der Waals surface area (Å²) in [5.41, 5.74) is 3.85. The lowest BCUT2D eigenvalue weighted by Gasteiger charge is -2.16. The van der Waals surface area contributed by atoms with Crippen molar-refractivity contribution in [1.82, 2.24) is 9.55 Å².